The first kappa shape index (κ1) is 19.4. The highest BCUT2D eigenvalue weighted by Crippen LogP contribution is 2.14. The van der Waals surface area contributed by atoms with Crippen molar-refractivity contribution in [2.75, 3.05) is 12.0 Å². The van der Waals surface area contributed by atoms with Gasteiger partial charge in [0.15, 0.2) is 5.78 Å². The summed E-state index contributed by atoms with van der Waals surface area (Å²) in [7, 11) is 0. The first-order chi connectivity index (χ1) is 12.6. The molecule has 0 aliphatic heterocycles. The van der Waals surface area contributed by atoms with Gasteiger partial charge >= 0.3 is 0 Å². The summed E-state index contributed by atoms with van der Waals surface area (Å²) in [5.41, 5.74) is 6.60. The molecule has 0 saturated heterocycles. The summed E-state index contributed by atoms with van der Waals surface area (Å²) in [5.74, 6) is 0.349. The Morgan fingerprint density at radius 1 is 1.00 bits per heavy atom. The number of rotatable bonds is 10. The molecule has 5 nitrogen and oxygen atoms in total. The molecule has 6 heteroatoms. The van der Waals surface area contributed by atoms with Crippen LogP contribution in [0.5, 0.6) is 5.75 Å². The number of carbonyl (C=O) groups excluding carboxylic acids is 2. The Bertz CT molecular complexity index is 715. The van der Waals surface area contributed by atoms with Crippen molar-refractivity contribution in [3.05, 3.63) is 59.9 Å². The van der Waals surface area contributed by atoms with E-state index in [1.807, 2.05) is 6.92 Å². The molecule has 0 saturated carbocycles. The van der Waals surface area contributed by atoms with E-state index in [9.17, 15) is 14.0 Å². The van der Waals surface area contributed by atoms with Crippen LogP contribution in [0.25, 0.3) is 0 Å². The van der Waals surface area contributed by atoms with Gasteiger partial charge in [0.05, 0.1) is 12.3 Å². The second-order valence-electron chi connectivity index (χ2n) is 5.79. The van der Waals surface area contributed by atoms with Gasteiger partial charge in [-0.25, -0.2) is 4.39 Å². The Morgan fingerprint density at radius 2 is 1.69 bits per heavy atom. The van der Waals surface area contributed by atoms with Crippen molar-refractivity contribution < 1.29 is 18.7 Å². The van der Waals surface area contributed by atoms with E-state index in [0.717, 1.165) is 6.42 Å². The third-order valence-electron chi connectivity index (χ3n) is 3.75. The van der Waals surface area contributed by atoms with E-state index < -0.39 is 0 Å². The van der Waals surface area contributed by atoms with E-state index in [-0.39, 0.29) is 17.5 Å². The minimum Gasteiger partial charge on any atom is -0.494 e. The van der Waals surface area contributed by atoms with Crippen LogP contribution in [0.3, 0.4) is 0 Å². The maximum Gasteiger partial charge on any atom is 0.238 e. The average Bonchev–Trinajstić information content (AvgIpc) is 2.67. The molecule has 0 aliphatic rings. The number of hydrogen-bond donors (Lipinski definition) is 2. The predicted octanol–water partition coefficient (Wildman–Crippen LogP) is 4.11. The third-order valence-corrected chi connectivity index (χ3v) is 3.75. The normalized spacial score (nSPS) is 10.2. The first-order valence-corrected chi connectivity index (χ1v) is 8.65. The van der Waals surface area contributed by atoms with E-state index in [2.05, 4.69) is 10.9 Å². The van der Waals surface area contributed by atoms with Crippen molar-refractivity contribution in [3.63, 3.8) is 0 Å². The Morgan fingerprint density at radius 3 is 2.35 bits per heavy atom. The van der Waals surface area contributed by atoms with Crippen LogP contribution in [-0.2, 0) is 4.79 Å². The third kappa shape index (κ3) is 6.55. The minimum absolute atomic E-state index is 0.108. The number of hydrogen-bond acceptors (Lipinski definition) is 4. The van der Waals surface area contributed by atoms with E-state index in [4.69, 9.17) is 4.74 Å². The zero-order chi connectivity index (χ0) is 18.8. The topological polar surface area (TPSA) is 67.4 Å². The summed E-state index contributed by atoms with van der Waals surface area (Å²) in [6, 6.07) is 12.8. The fraction of sp³-hybridized carbons (Fsp3) is 0.300. The number of halogens is 1. The van der Waals surface area contributed by atoms with Gasteiger partial charge in [0.1, 0.15) is 11.6 Å². The standard InChI is InChI=1S/C20H23FN2O3/c1-2-19(24)15-6-12-18(13-7-15)26-14-4-3-5-20(25)23-22-17-10-8-16(21)9-11-17/h6-13,22H,2-5,14H2,1H3,(H,23,25). The number of ether oxygens (including phenoxy) is 1. The quantitative estimate of drug-likeness (QED) is 0.381. The van der Waals surface area contributed by atoms with Gasteiger partial charge in [-0.3, -0.25) is 20.4 Å². The Labute approximate surface area is 152 Å². The number of benzene rings is 2. The van der Waals surface area contributed by atoms with Crippen LogP contribution >= 0.6 is 0 Å². The molecule has 0 aromatic heterocycles. The fourth-order valence-electron chi connectivity index (χ4n) is 2.26. The van der Waals surface area contributed by atoms with Crippen LogP contribution in [0, 0.1) is 5.82 Å². The summed E-state index contributed by atoms with van der Waals surface area (Å²) < 4.78 is 18.4. The summed E-state index contributed by atoms with van der Waals surface area (Å²) in [6.07, 6.45) is 2.27. The molecule has 26 heavy (non-hydrogen) atoms. The summed E-state index contributed by atoms with van der Waals surface area (Å²) in [6.45, 7) is 2.33. The predicted molar refractivity (Wildman–Crippen MR) is 98.6 cm³/mol. The van der Waals surface area contributed by atoms with Crippen LogP contribution in [0.2, 0.25) is 0 Å². The van der Waals surface area contributed by atoms with Crippen LogP contribution in [0.4, 0.5) is 10.1 Å². The summed E-state index contributed by atoms with van der Waals surface area (Å²) in [5, 5.41) is 0. The van der Waals surface area contributed by atoms with Crippen LogP contribution < -0.4 is 15.6 Å². The molecule has 0 fully saturated rings. The lowest BCUT2D eigenvalue weighted by molar-refractivity contribution is -0.120. The lowest BCUT2D eigenvalue weighted by atomic mass is 10.1. The molecule has 2 rings (SSSR count). The molecule has 0 aliphatic carbocycles. The molecule has 0 unspecified atom stereocenters. The Hall–Kier alpha value is -2.89. The van der Waals surface area contributed by atoms with Gasteiger partial charge in [-0.05, 0) is 61.4 Å². The molecule has 2 N–H and O–H groups in total. The molecule has 0 bridgehead atoms. The van der Waals surface area contributed by atoms with Gasteiger partial charge < -0.3 is 4.74 Å². The second-order valence-corrected chi connectivity index (χ2v) is 5.79. The van der Waals surface area contributed by atoms with Crippen LogP contribution in [0.15, 0.2) is 48.5 Å². The number of anilines is 1. The average molecular weight is 358 g/mol. The Kier molecular flexibility index (Phi) is 7.61. The molecule has 0 heterocycles. The number of Topliss-reactive ketones (excluding diaryl/α,β-unsaturated/α-hetero) is 1. The van der Waals surface area contributed by atoms with E-state index >= 15 is 0 Å². The van der Waals surface area contributed by atoms with Crippen molar-refractivity contribution in [3.8, 4) is 5.75 Å². The summed E-state index contributed by atoms with van der Waals surface area (Å²) in [4.78, 5) is 23.3. The maximum absolute atomic E-state index is 12.8. The highest BCUT2D eigenvalue weighted by atomic mass is 19.1. The fourth-order valence-corrected chi connectivity index (χ4v) is 2.26. The maximum atomic E-state index is 12.8. The van der Waals surface area contributed by atoms with Gasteiger partial charge in [-0.2, -0.15) is 0 Å². The zero-order valence-electron chi connectivity index (χ0n) is 14.8. The molecular weight excluding hydrogens is 335 g/mol. The highest BCUT2D eigenvalue weighted by Gasteiger charge is 2.04. The van der Waals surface area contributed by atoms with Crippen LogP contribution in [-0.4, -0.2) is 18.3 Å². The van der Waals surface area contributed by atoms with Gasteiger partial charge in [0.25, 0.3) is 0 Å². The van der Waals surface area contributed by atoms with E-state index in [1.54, 1.807) is 36.4 Å². The minimum atomic E-state index is -0.325. The van der Waals surface area contributed by atoms with Gasteiger partial charge in [0.2, 0.25) is 5.91 Å². The second kappa shape index (κ2) is 10.2. The SMILES string of the molecule is CCC(=O)c1ccc(OCCCCC(=O)NNc2ccc(F)cc2)cc1. The smallest absolute Gasteiger partial charge is 0.238 e. The molecule has 2 aromatic carbocycles. The lowest BCUT2D eigenvalue weighted by Gasteiger charge is -2.09. The molecule has 2 aromatic rings. The number of carbonyl (C=O) groups is 2. The zero-order valence-corrected chi connectivity index (χ0v) is 14.8. The number of unbranched alkanes of at least 4 members (excludes halogenated alkanes) is 1. The monoisotopic (exact) mass is 358 g/mol. The largest absolute Gasteiger partial charge is 0.494 e. The van der Waals surface area contributed by atoms with Gasteiger partial charge in [-0.1, -0.05) is 6.92 Å². The molecular formula is C20H23FN2O3. The van der Waals surface area contributed by atoms with Crippen molar-refractivity contribution >= 4 is 17.4 Å². The van der Waals surface area contributed by atoms with Crippen molar-refractivity contribution in [2.24, 2.45) is 0 Å². The van der Waals surface area contributed by atoms with Crippen molar-refractivity contribution in [1.29, 1.82) is 0 Å². The molecule has 0 spiro atoms. The van der Waals surface area contributed by atoms with E-state index in [1.165, 1.54) is 12.1 Å². The van der Waals surface area contributed by atoms with Gasteiger partial charge in [-0.15, -0.1) is 0 Å². The highest BCUT2D eigenvalue weighted by molar-refractivity contribution is 5.95. The number of hydrazine groups is 1. The van der Waals surface area contributed by atoms with Gasteiger partial charge in [0, 0.05) is 18.4 Å². The Balaban J connectivity index is 1.59. The number of amides is 1. The number of ketones is 1. The van der Waals surface area contributed by atoms with Crippen molar-refractivity contribution in [1.82, 2.24) is 5.43 Å². The number of nitrogens with one attached hydrogen (secondary N) is 2. The summed E-state index contributed by atoms with van der Waals surface area (Å²) >= 11 is 0. The molecule has 0 atom stereocenters. The lowest BCUT2D eigenvalue weighted by Crippen LogP contribution is -2.29. The molecule has 0 radical (unpaired) electrons. The first-order valence-electron chi connectivity index (χ1n) is 8.65. The van der Waals surface area contributed by atoms with Crippen molar-refractivity contribution in [2.45, 2.75) is 32.6 Å². The van der Waals surface area contributed by atoms with E-state index in [0.29, 0.717) is 42.9 Å². The van der Waals surface area contributed by atoms with Crippen LogP contribution in [0.1, 0.15) is 43.0 Å². The molecule has 1 amide bonds. The molecule has 138 valence electrons.